The van der Waals surface area contributed by atoms with Crippen molar-refractivity contribution in [1.82, 2.24) is 5.43 Å². The Morgan fingerprint density at radius 3 is 2.38 bits per heavy atom. The van der Waals surface area contributed by atoms with Crippen molar-refractivity contribution in [2.45, 2.75) is 72.8 Å². The molecule has 2 atom stereocenters. The van der Waals surface area contributed by atoms with Crippen molar-refractivity contribution in [3.8, 4) is 0 Å². The van der Waals surface area contributed by atoms with Gasteiger partial charge >= 0.3 is 0 Å². The number of hydrogen-bond donors (Lipinski definition) is 2. The summed E-state index contributed by atoms with van der Waals surface area (Å²) < 4.78 is 0. The first-order valence-corrected chi connectivity index (χ1v) is 6.72. The van der Waals surface area contributed by atoms with Gasteiger partial charge in [0.2, 0.25) is 0 Å². The Morgan fingerprint density at radius 1 is 1.38 bits per heavy atom. The van der Waals surface area contributed by atoms with Crippen molar-refractivity contribution in [3.05, 3.63) is 0 Å². The second-order valence-electron chi connectivity index (χ2n) is 7.36. The highest BCUT2D eigenvalue weighted by molar-refractivity contribution is 4.91. The lowest BCUT2D eigenvalue weighted by Gasteiger charge is -2.35. The highest BCUT2D eigenvalue weighted by atomic mass is 15.2. The van der Waals surface area contributed by atoms with Crippen molar-refractivity contribution < 1.29 is 0 Å². The van der Waals surface area contributed by atoms with Crippen LogP contribution in [0.3, 0.4) is 0 Å². The molecule has 0 aromatic carbocycles. The molecular weight excluding hydrogens is 196 g/mol. The van der Waals surface area contributed by atoms with Crippen LogP contribution in [-0.4, -0.2) is 6.04 Å². The van der Waals surface area contributed by atoms with Crippen LogP contribution in [-0.2, 0) is 0 Å². The second-order valence-corrected chi connectivity index (χ2v) is 7.36. The van der Waals surface area contributed by atoms with E-state index < -0.39 is 0 Å². The van der Waals surface area contributed by atoms with Gasteiger partial charge in [-0.25, -0.2) is 0 Å². The molecule has 0 spiro atoms. The standard InChI is InChI=1S/C14H30N2/c1-13(2,3)10-8-12(16-15)11-7-6-9-14(11,4)5/h11-12,16H,6-10,15H2,1-5H3. The zero-order valence-corrected chi connectivity index (χ0v) is 11.8. The molecule has 0 aliphatic heterocycles. The molecule has 1 saturated carbocycles. The molecule has 1 rings (SSSR count). The molecule has 2 nitrogen and oxygen atoms in total. The molecule has 0 aromatic rings. The zero-order valence-electron chi connectivity index (χ0n) is 11.8. The first-order chi connectivity index (χ1) is 7.26. The summed E-state index contributed by atoms with van der Waals surface area (Å²) in [4.78, 5) is 0. The molecule has 0 saturated heterocycles. The lowest BCUT2D eigenvalue weighted by Crippen LogP contribution is -2.44. The molecular formula is C14H30N2. The maximum Gasteiger partial charge on any atom is 0.0244 e. The molecule has 0 bridgehead atoms. The monoisotopic (exact) mass is 226 g/mol. The molecule has 1 aliphatic carbocycles. The Hall–Kier alpha value is -0.0800. The molecule has 0 amide bonds. The average molecular weight is 226 g/mol. The number of rotatable bonds is 4. The van der Waals surface area contributed by atoms with E-state index in [1.807, 2.05) is 0 Å². The molecule has 16 heavy (non-hydrogen) atoms. The van der Waals surface area contributed by atoms with E-state index in [0.29, 0.717) is 16.9 Å². The topological polar surface area (TPSA) is 38.0 Å². The third-order valence-corrected chi connectivity index (χ3v) is 4.25. The number of hydrazine groups is 1. The molecule has 2 unspecified atom stereocenters. The van der Waals surface area contributed by atoms with Gasteiger partial charge in [-0.05, 0) is 42.4 Å². The van der Waals surface area contributed by atoms with E-state index in [-0.39, 0.29) is 0 Å². The third-order valence-electron chi connectivity index (χ3n) is 4.25. The summed E-state index contributed by atoms with van der Waals surface area (Å²) >= 11 is 0. The first-order valence-electron chi connectivity index (χ1n) is 6.72. The van der Waals surface area contributed by atoms with Gasteiger partial charge in [-0.1, -0.05) is 41.0 Å². The number of nitrogens with two attached hydrogens (primary N) is 1. The predicted molar refractivity (Wildman–Crippen MR) is 70.9 cm³/mol. The van der Waals surface area contributed by atoms with E-state index in [1.54, 1.807) is 0 Å². The fraction of sp³-hybridized carbons (Fsp3) is 1.00. The fourth-order valence-corrected chi connectivity index (χ4v) is 3.09. The SMILES string of the molecule is CC(C)(C)CCC(NN)C1CCCC1(C)C. The minimum Gasteiger partial charge on any atom is -0.271 e. The largest absolute Gasteiger partial charge is 0.271 e. The maximum atomic E-state index is 5.75. The quantitative estimate of drug-likeness (QED) is 0.569. The highest BCUT2D eigenvalue weighted by Gasteiger charge is 2.39. The van der Waals surface area contributed by atoms with Crippen molar-refractivity contribution in [2.75, 3.05) is 0 Å². The normalized spacial score (nSPS) is 27.0. The van der Waals surface area contributed by atoms with E-state index in [9.17, 15) is 0 Å². The predicted octanol–water partition coefficient (Wildman–Crippen LogP) is 3.47. The van der Waals surface area contributed by atoms with Gasteiger partial charge in [0, 0.05) is 6.04 Å². The Labute approximate surface area is 101 Å². The van der Waals surface area contributed by atoms with Gasteiger partial charge in [0.15, 0.2) is 0 Å². The Balaban J connectivity index is 2.54. The van der Waals surface area contributed by atoms with E-state index in [0.717, 1.165) is 5.92 Å². The molecule has 0 radical (unpaired) electrons. The minimum absolute atomic E-state index is 0.415. The molecule has 0 heterocycles. The van der Waals surface area contributed by atoms with Gasteiger partial charge in [-0.15, -0.1) is 0 Å². The second kappa shape index (κ2) is 5.05. The number of hydrogen-bond acceptors (Lipinski definition) is 2. The van der Waals surface area contributed by atoms with Crippen molar-refractivity contribution in [1.29, 1.82) is 0 Å². The molecule has 1 fully saturated rings. The Morgan fingerprint density at radius 2 is 2.00 bits per heavy atom. The maximum absolute atomic E-state index is 5.75. The summed E-state index contributed by atoms with van der Waals surface area (Å²) in [5, 5.41) is 0. The van der Waals surface area contributed by atoms with Crippen LogP contribution in [0.1, 0.15) is 66.7 Å². The van der Waals surface area contributed by atoms with Crippen molar-refractivity contribution >= 4 is 0 Å². The van der Waals surface area contributed by atoms with Gasteiger partial charge in [0.1, 0.15) is 0 Å². The summed E-state index contributed by atoms with van der Waals surface area (Å²) in [7, 11) is 0. The van der Waals surface area contributed by atoms with Gasteiger partial charge in [0.25, 0.3) is 0 Å². The molecule has 2 heteroatoms. The van der Waals surface area contributed by atoms with Crippen molar-refractivity contribution in [2.24, 2.45) is 22.6 Å². The molecule has 1 aliphatic rings. The van der Waals surface area contributed by atoms with Crippen LogP contribution in [0.25, 0.3) is 0 Å². The van der Waals surface area contributed by atoms with E-state index in [1.165, 1.54) is 32.1 Å². The fourth-order valence-electron chi connectivity index (χ4n) is 3.09. The van der Waals surface area contributed by atoms with Gasteiger partial charge in [-0.3, -0.25) is 11.3 Å². The summed E-state index contributed by atoms with van der Waals surface area (Å²) in [6.45, 7) is 11.7. The van der Waals surface area contributed by atoms with E-state index in [4.69, 9.17) is 5.84 Å². The highest BCUT2D eigenvalue weighted by Crippen LogP contribution is 2.45. The smallest absolute Gasteiger partial charge is 0.0244 e. The van der Waals surface area contributed by atoms with Crippen LogP contribution in [0.15, 0.2) is 0 Å². The first kappa shape index (κ1) is 14.0. The van der Waals surface area contributed by atoms with Crippen LogP contribution in [0.5, 0.6) is 0 Å². The van der Waals surface area contributed by atoms with Crippen LogP contribution in [0.4, 0.5) is 0 Å². The van der Waals surface area contributed by atoms with Gasteiger partial charge in [0.05, 0.1) is 0 Å². The average Bonchev–Trinajstić information content (AvgIpc) is 2.46. The minimum atomic E-state index is 0.415. The molecule has 3 N–H and O–H groups in total. The van der Waals surface area contributed by atoms with Gasteiger partial charge in [-0.2, -0.15) is 0 Å². The molecule has 96 valence electrons. The van der Waals surface area contributed by atoms with Crippen LogP contribution >= 0.6 is 0 Å². The molecule has 0 aromatic heterocycles. The third kappa shape index (κ3) is 3.74. The van der Waals surface area contributed by atoms with Crippen LogP contribution in [0.2, 0.25) is 0 Å². The van der Waals surface area contributed by atoms with Crippen LogP contribution in [0, 0.1) is 16.7 Å². The zero-order chi connectivity index (χ0) is 12.4. The van der Waals surface area contributed by atoms with E-state index in [2.05, 4.69) is 40.0 Å². The Kier molecular flexibility index (Phi) is 4.42. The van der Waals surface area contributed by atoms with Crippen molar-refractivity contribution in [3.63, 3.8) is 0 Å². The summed E-state index contributed by atoms with van der Waals surface area (Å²) in [5.41, 5.74) is 3.95. The van der Waals surface area contributed by atoms with E-state index >= 15 is 0 Å². The summed E-state index contributed by atoms with van der Waals surface area (Å²) in [5.74, 6) is 6.50. The number of nitrogens with one attached hydrogen (secondary N) is 1. The van der Waals surface area contributed by atoms with Gasteiger partial charge < -0.3 is 0 Å². The lowest BCUT2D eigenvalue weighted by atomic mass is 9.75. The Bertz CT molecular complexity index is 215. The van der Waals surface area contributed by atoms with Crippen LogP contribution < -0.4 is 11.3 Å². The summed E-state index contributed by atoms with van der Waals surface area (Å²) in [6.07, 6.45) is 6.51. The lowest BCUT2D eigenvalue weighted by molar-refractivity contribution is 0.176. The summed E-state index contributed by atoms with van der Waals surface area (Å²) in [6, 6.07) is 0.497.